The van der Waals surface area contributed by atoms with Crippen molar-refractivity contribution in [2.24, 2.45) is 0 Å². The monoisotopic (exact) mass is 175 g/mol. The first-order chi connectivity index (χ1) is 5.43. The Kier molecular flexibility index (Phi) is 4.99. The molecule has 1 unspecified atom stereocenters. The van der Waals surface area contributed by atoms with E-state index in [2.05, 4.69) is 4.72 Å². The number of hydrogen-bond donors (Lipinski definition) is 2. The van der Waals surface area contributed by atoms with Gasteiger partial charge in [-0.3, -0.25) is 4.72 Å². The number of nitrogens with one attached hydrogen (secondary N) is 1. The zero-order valence-corrected chi connectivity index (χ0v) is 7.70. The first-order valence-corrected chi connectivity index (χ1v) is 5.31. The Labute approximate surface area is 72.9 Å². The van der Waals surface area contributed by atoms with Gasteiger partial charge in [-0.05, 0) is 19.3 Å². The Bertz CT molecular complexity index is 94.1. The topological polar surface area (TPSA) is 32.3 Å². The van der Waals surface area contributed by atoms with Crippen LogP contribution in [-0.2, 0) is 0 Å². The van der Waals surface area contributed by atoms with Gasteiger partial charge in [0.25, 0.3) is 0 Å². The van der Waals surface area contributed by atoms with Crippen molar-refractivity contribution in [3.05, 3.63) is 0 Å². The summed E-state index contributed by atoms with van der Waals surface area (Å²) in [5.74, 6) is 0. The molecule has 2 nitrogen and oxygen atoms in total. The van der Waals surface area contributed by atoms with E-state index in [1.807, 2.05) is 11.9 Å². The SMILES string of the molecule is OCCCCCC1CCNS1. The van der Waals surface area contributed by atoms with E-state index in [0.717, 1.165) is 11.7 Å². The van der Waals surface area contributed by atoms with Crippen LogP contribution in [0.15, 0.2) is 0 Å². The van der Waals surface area contributed by atoms with E-state index in [9.17, 15) is 0 Å². The lowest BCUT2D eigenvalue weighted by molar-refractivity contribution is 0.282. The molecule has 1 heterocycles. The molecule has 0 aliphatic carbocycles. The minimum absolute atomic E-state index is 0.357. The van der Waals surface area contributed by atoms with Crippen molar-refractivity contribution < 1.29 is 5.11 Å². The van der Waals surface area contributed by atoms with Gasteiger partial charge >= 0.3 is 0 Å². The fraction of sp³-hybridized carbons (Fsp3) is 1.00. The van der Waals surface area contributed by atoms with Crippen molar-refractivity contribution in [3.63, 3.8) is 0 Å². The highest BCUT2D eigenvalue weighted by Gasteiger charge is 2.13. The number of hydrogen-bond acceptors (Lipinski definition) is 3. The number of rotatable bonds is 5. The van der Waals surface area contributed by atoms with E-state index in [1.165, 1.54) is 32.2 Å². The van der Waals surface area contributed by atoms with Gasteiger partial charge in [-0.2, -0.15) is 0 Å². The van der Waals surface area contributed by atoms with Crippen molar-refractivity contribution >= 4 is 11.9 Å². The predicted octanol–water partition coefficient (Wildman–Crippen LogP) is 1.55. The molecule has 0 bridgehead atoms. The van der Waals surface area contributed by atoms with Gasteiger partial charge in [-0.25, -0.2) is 0 Å². The maximum absolute atomic E-state index is 8.54. The summed E-state index contributed by atoms with van der Waals surface area (Å²) in [4.78, 5) is 0. The molecule has 0 saturated carbocycles. The van der Waals surface area contributed by atoms with Crippen LogP contribution in [0.5, 0.6) is 0 Å². The molecule has 0 aromatic rings. The summed E-state index contributed by atoms with van der Waals surface area (Å²) in [5, 5.41) is 9.38. The summed E-state index contributed by atoms with van der Waals surface area (Å²) in [6, 6.07) is 0. The smallest absolute Gasteiger partial charge is 0.0431 e. The first-order valence-electron chi connectivity index (χ1n) is 4.43. The Balaban J connectivity index is 1.86. The number of aliphatic hydroxyl groups is 1. The maximum Gasteiger partial charge on any atom is 0.0431 e. The van der Waals surface area contributed by atoms with E-state index in [-0.39, 0.29) is 0 Å². The molecule has 0 amide bonds. The second-order valence-electron chi connectivity index (χ2n) is 3.00. The fourth-order valence-corrected chi connectivity index (χ4v) is 2.31. The molecule has 1 rings (SSSR count). The molecule has 1 saturated heterocycles. The van der Waals surface area contributed by atoms with Crippen LogP contribution in [0.2, 0.25) is 0 Å². The maximum atomic E-state index is 8.54. The quantitative estimate of drug-likeness (QED) is 0.491. The lowest BCUT2D eigenvalue weighted by Gasteiger charge is -2.05. The molecule has 2 N–H and O–H groups in total. The van der Waals surface area contributed by atoms with Crippen LogP contribution in [0.25, 0.3) is 0 Å². The summed E-state index contributed by atoms with van der Waals surface area (Å²) >= 11 is 1.89. The zero-order chi connectivity index (χ0) is 7.94. The van der Waals surface area contributed by atoms with E-state index in [1.54, 1.807) is 0 Å². The Morgan fingerprint density at radius 2 is 2.27 bits per heavy atom. The normalized spacial score (nSPS) is 24.3. The van der Waals surface area contributed by atoms with Gasteiger partial charge in [0.05, 0.1) is 0 Å². The van der Waals surface area contributed by atoms with Gasteiger partial charge in [-0.15, -0.1) is 0 Å². The van der Waals surface area contributed by atoms with Gasteiger partial charge in [0.2, 0.25) is 0 Å². The third-order valence-corrected chi connectivity index (χ3v) is 3.18. The second kappa shape index (κ2) is 5.86. The highest BCUT2D eigenvalue weighted by molar-refractivity contribution is 7.98. The molecule has 1 aliphatic heterocycles. The Morgan fingerprint density at radius 3 is 2.91 bits per heavy atom. The molecule has 0 aromatic heterocycles. The van der Waals surface area contributed by atoms with E-state index < -0.39 is 0 Å². The second-order valence-corrected chi connectivity index (χ2v) is 4.19. The van der Waals surface area contributed by atoms with E-state index in [4.69, 9.17) is 5.11 Å². The first kappa shape index (κ1) is 9.36. The van der Waals surface area contributed by atoms with Crippen LogP contribution in [0.3, 0.4) is 0 Å². The number of aliphatic hydroxyl groups excluding tert-OH is 1. The van der Waals surface area contributed by atoms with Gasteiger partial charge in [0, 0.05) is 18.4 Å². The standard InChI is InChI=1S/C8H17NOS/c10-7-3-1-2-4-8-5-6-9-11-8/h8-10H,1-7H2. The average molecular weight is 175 g/mol. The summed E-state index contributed by atoms with van der Waals surface area (Å²) < 4.78 is 3.28. The lowest BCUT2D eigenvalue weighted by Crippen LogP contribution is -1.97. The third-order valence-electron chi connectivity index (χ3n) is 2.00. The van der Waals surface area contributed by atoms with Crippen LogP contribution in [-0.4, -0.2) is 23.5 Å². The van der Waals surface area contributed by atoms with Gasteiger partial charge < -0.3 is 5.11 Å². The van der Waals surface area contributed by atoms with Crippen LogP contribution in [0.1, 0.15) is 32.1 Å². The molecular weight excluding hydrogens is 158 g/mol. The largest absolute Gasteiger partial charge is 0.396 e. The predicted molar refractivity (Wildman–Crippen MR) is 49.6 cm³/mol. The molecule has 3 heteroatoms. The molecule has 1 aliphatic rings. The van der Waals surface area contributed by atoms with Gasteiger partial charge in [-0.1, -0.05) is 24.8 Å². The highest BCUT2D eigenvalue weighted by atomic mass is 32.2. The molecule has 11 heavy (non-hydrogen) atoms. The Hall–Kier alpha value is 0.270. The summed E-state index contributed by atoms with van der Waals surface area (Å²) in [7, 11) is 0. The fourth-order valence-electron chi connectivity index (χ4n) is 1.32. The van der Waals surface area contributed by atoms with E-state index >= 15 is 0 Å². The van der Waals surface area contributed by atoms with Gasteiger partial charge in [0.1, 0.15) is 0 Å². The van der Waals surface area contributed by atoms with Gasteiger partial charge in [0.15, 0.2) is 0 Å². The van der Waals surface area contributed by atoms with Crippen molar-refractivity contribution in [1.29, 1.82) is 0 Å². The summed E-state index contributed by atoms with van der Waals surface area (Å²) in [5.41, 5.74) is 0. The molecule has 0 aromatic carbocycles. The van der Waals surface area contributed by atoms with Crippen molar-refractivity contribution in [1.82, 2.24) is 4.72 Å². The van der Waals surface area contributed by atoms with Crippen LogP contribution >= 0.6 is 11.9 Å². The number of unbranched alkanes of at least 4 members (excludes halogenated alkanes) is 2. The van der Waals surface area contributed by atoms with Crippen LogP contribution < -0.4 is 4.72 Å². The average Bonchev–Trinajstić information content (AvgIpc) is 2.50. The van der Waals surface area contributed by atoms with Crippen molar-refractivity contribution in [2.75, 3.05) is 13.2 Å². The molecule has 0 radical (unpaired) electrons. The van der Waals surface area contributed by atoms with Crippen LogP contribution in [0, 0.1) is 0 Å². The lowest BCUT2D eigenvalue weighted by atomic mass is 10.1. The van der Waals surface area contributed by atoms with Crippen molar-refractivity contribution in [2.45, 2.75) is 37.4 Å². The molecule has 0 spiro atoms. The molecule has 1 fully saturated rings. The minimum atomic E-state index is 0.357. The third kappa shape index (κ3) is 3.99. The molecule has 1 atom stereocenters. The van der Waals surface area contributed by atoms with Crippen molar-refractivity contribution in [3.8, 4) is 0 Å². The molecular formula is C8H17NOS. The highest BCUT2D eigenvalue weighted by Crippen LogP contribution is 2.22. The van der Waals surface area contributed by atoms with E-state index in [0.29, 0.717) is 6.61 Å². The minimum Gasteiger partial charge on any atom is -0.396 e. The van der Waals surface area contributed by atoms with Crippen LogP contribution in [0.4, 0.5) is 0 Å². The Morgan fingerprint density at radius 1 is 1.36 bits per heavy atom. The summed E-state index contributed by atoms with van der Waals surface area (Å²) in [6.07, 6.45) is 6.08. The zero-order valence-electron chi connectivity index (χ0n) is 6.88. The molecule has 66 valence electrons. The summed E-state index contributed by atoms with van der Waals surface area (Å²) in [6.45, 7) is 1.53.